The number of carbonyl (C=O) groups excluding carboxylic acids is 1. The number of ether oxygens (including phenoxy) is 1. The molecule has 24 heavy (non-hydrogen) atoms. The van der Waals surface area contributed by atoms with Crippen LogP contribution in [0.25, 0.3) is 0 Å². The predicted molar refractivity (Wildman–Crippen MR) is 90.1 cm³/mol. The molecule has 2 saturated heterocycles. The quantitative estimate of drug-likeness (QED) is 0.741. The third-order valence-electron chi connectivity index (χ3n) is 5.20. The van der Waals surface area contributed by atoms with Gasteiger partial charge in [0.05, 0.1) is 25.8 Å². The highest BCUT2D eigenvalue weighted by Crippen LogP contribution is 2.37. The molecule has 0 aliphatic carbocycles. The summed E-state index contributed by atoms with van der Waals surface area (Å²) in [6.07, 6.45) is 1.59. The van der Waals surface area contributed by atoms with Crippen molar-refractivity contribution in [2.45, 2.75) is 52.6 Å². The number of alkyl halides is 2. The zero-order valence-corrected chi connectivity index (χ0v) is 15.4. The lowest BCUT2D eigenvalue weighted by Crippen LogP contribution is -2.52. The molecule has 2 fully saturated rings. The summed E-state index contributed by atoms with van der Waals surface area (Å²) in [6, 6.07) is 0. The van der Waals surface area contributed by atoms with E-state index in [1.807, 2.05) is 27.7 Å². The molecule has 0 radical (unpaired) electrons. The van der Waals surface area contributed by atoms with Crippen LogP contribution in [0, 0.1) is 17.8 Å². The van der Waals surface area contributed by atoms with Crippen molar-refractivity contribution in [1.82, 2.24) is 9.80 Å². The summed E-state index contributed by atoms with van der Waals surface area (Å²) in [5.41, 5.74) is 0. The van der Waals surface area contributed by atoms with Gasteiger partial charge in [0.15, 0.2) is 0 Å². The fourth-order valence-corrected chi connectivity index (χ4v) is 3.80. The normalized spacial score (nSPS) is 28.1. The number of carbonyl (C=O) groups is 1. The van der Waals surface area contributed by atoms with Gasteiger partial charge >= 0.3 is 0 Å². The van der Waals surface area contributed by atoms with Crippen LogP contribution in [0.4, 0.5) is 8.78 Å². The molecule has 0 aromatic heterocycles. The van der Waals surface area contributed by atoms with Gasteiger partial charge in [-0.3, -0.25) is 9.69 Å². The van der Waals surface area contributed by atoms with E-state index in [2.05, 4.69) is 0 Å². The Balaban J connectivity index is 1.79. The van der Waals surface area contributed by atoms with Crippen molar-refractivity contribution in [3.63, 3.8) is 0 Å². The van der Waals surface area contributed by atoms with E-state index in [1.54, 1.807) is 9.80 Å². The third kappa shape index (κ3) is 5.12. The van der Waals surface area contributed by atoms with Crippen LogP contribution in [0.1, 0.15) is 40.5 Å². The monoisotopic (exact) mass is 346 g/mol. The lowest BCUT2D eigenvalue weighted by atomic mass is 9.83. The molecule has 2 aliphatic heterocycles. The molecule has 140 valence electrons. The molecule has 2 aliphatic rings. The van der Waals surface area contributed by atoms with E-state index in [9.17, 15) is 13.6 Å². The number of likely N-dealkylation sites (tertiary alicyclic amines) is 2. The van der Waals surface area contributed by atoms with Crippen LogP contribution in [-0.4, -0.2) is 67.1 Å². The van der Waals surface area contributed by atoms with Gasteiger partial charge in [0.25, 0.3) is 5.92 Å². The molecule has 2 atom stereocenters. The maximum absolute atomic E-state index is 14.3. The van der Waals surface area contributed by atoms with E-state index in [4.69, 9.17) is 4.74 Å². The van der Waals surface area contributed by atoms with Crippen molar-refractivity contribution in [3.8, 4) is 0 Å². The van der Waals surface area contributed by atoms with Gasteiger partial charge in [0.1, 0.15) is 0 Å². The Hall–Kier alpha value is -0.750. The van der Waals surface area contributed by atoms with Crippen LogP contribution < -0.4 is 0 Å². The molecular formula is C18H32F2N2O2. The van der Waals surface area contributed by atoms with Crippen molar-refractivity contribution >= 4 is 5.91 Å². The number of hydrogen-bond acceptors (Lipinski definition) is 3. The molecule has 4 nitrogen and oxygen atoms in total. The average molecular weight is 346 g/mol. The fourth-order valence-electron chi connectivity index (χ4n) is 3.80. The Bertz CT molecular complexity index is 429. The standard InChI is InChI=1S/C18H32F2N2O2/c1-13(2)16-6-7-21(12-18(16,19)20)10-17(23)22-8-5-15(9-22)11-24-14(3)4/h13-16H,5-12H2,1-4H3. The van der Waals surface area contributed by atoms with Crippen molar-refractivity contribution < 1.29 is 18.3 Å². The number of halogens is 2. The Kier molecular flexibility index (Phi) is 6.59. The Morgan fingerprint density at radius 2 is 1.92 bits per heavy atom. The molecular weight excluding hydrogens is 314 g/mol. The number of amides is 1. The first-order chi connectivity index (χ1) is 11.2. The highest BCUT2D eigenvalue weighted by atomic mass is 19.3. The highest BCUT2D eigenvalue weighted by Gasteiger charge is 2.46. The molecule has 0 bridgehead atoms. The molecule has 1 amide bonds. The summed E-state index contributed by atoms with van der Waals surface area (Å²) in [5.74, 6) is -2.97. The minimum Gasteiger partial charge on any atom is -0.378 e. The van der Waals surface area contributed by atoms with Crippen molar-refractivity contribution in [1.29, 1.82) is 0 Å². The van der Waals surface area contributed by atoms with Crippen molar-refractivity contribution in [2.75, 3.05) is 39.3 Å². The molecule has 0 spiro atoms. The fraction of sp³-hybridized carbons (Fsp3) is 0.944. The molecule has 2 rings (SSSR count). The summed E-state index contributed by atoms with van der Waals surface area (Å²) in [5, 5.41) is 0. The number of hydrogen-bond donors (Lipinski definition) is 0. The summed E-state index contributed by atoms with van der Waals surface area (Å²) < 4.78 is 34.1. The molecule has 0 aromatic carbocycles. The molecule has 2 unspecified atom stereocenters. The zero-order valence-electron chi connectivity index (χ0n) is 15.4. The van der Waals surface area contributed by atoms with E-state index in [1.165, 1.54) is 0 Å². The number of piperidine rings is 1. The minimum absolute atomic E-state index is 0.0270. The van der Waals surface area contributed by atoms with Gasteiger partial charge in [-0.05, 0) is 39.2 Å². The van der Waals surface area contributed by atoms with Gasteiger partial charge in [0.2, 0.25) is 5.91 Å². The second-order valence-corrected chi connectivity index (χ2v) is 7.99. The lowest BCUT2D eigenvalue weighted by molar-refractivity contribution is -0.142. The maximum Gasteiger partial charge on any atom is 0.263 e. The summed E-state index contributed by atoms with van der Waals surface area (Å²) in [4.78, 5) is 15.9. The summed E-state index contributed by atoms with van der Waals surface area (Å²) >= 11 is 0. The van der Waals surface area contributed by atoms with E-state index in [-0.39, 0.29) is 31.0 Å². The van der Waals surface area contributed by atoms with Gasteiger partial charge in [-0.2, -0.15) is 0 Å². The molecule has 0 aromatic rings. The molecule has 2 heterocycles. The zero-order chi connectivity index (χ0) is 17.9. The second kappa shape index (κ2) is 8.09. The maximum atomic E-state index is 14.3. The van der Waals surface area contributed by atoms with Gasteiger partial charge < -0.3 is 9.64 Å². The lowest BCUT2D eigenvalue weighted by Gasteiger charge is -2.40. The highest BCUT2D eigenvalue weighted by molar-refractivity contribution is 5.78. The summed E-state index contributed by atoms with van der Waals surface area (Å²) in [6.45, 7) is 10.2. The van der Waals surface area contributed by atoms with Gasteiger partial charge in [-0.15, -0.1) is 0 Å². The largest absolute Gasteiger partial charge is 0.378 e. The smallest absolute Gasteiger partial charge is 0.263 e. The Morgan fingerprint density at radius 1 is 1.21 bits per heavy atom. The predicted octanol–water partition coefficient (Wildman–Crippen LogP) is 2.87. The van der Waals surface area contributed by atoms with E-state index >= 15 is 0 Å². The third-order valence-corrected chi connectivity index (χ3v) is 5.20. The van der Waals surface area contributed by atoms with Crippen molar-refractivity contribution in [2.24, 2.45) is 17.8 Å². The van der Waals surface area contributed by atoms with Crippen LogP contribution in [0.15, 0.2) is 0 Å². The molecule has 0 saturated carbocycles. The van der Waals surface area contributed by atoms with Gasteiger partial charge in [-0.25, -0.2) is 8.78 Å². The van der Waals surface area contributed by atoms with E-state index in [0.717, 1.165) is 6.42 Å². The molecule has 0 N–H and O–H groups in total. The van der Waals surface area contributed by atoms with Gasteiger partial charge in [-0.1, -0.05) is 13.8 Å². The Labute approximate surface area is 144 Å². The van der Waals surface area contributed by atoms with Crippen LogP contribution in [0.3, 0.4) is 0 Å². The first kappa shape index (κ1) is 19.6. The second-order valence-electron chi connectivity index (χ2n) is 7.99. The first-order valence-electron chi connectivity index (χ1n) is 9.18. The van der Waals surface area contributed by atoms with Gasteiger partial charge in [0, 0.05) is 24.9 Å². The van der Waals surface area contributed by atoms with E-state index in [0.29, 0.717) is 38.6 Å². The van der Waals surface area contributed by atoms with Crippen molar-refractivity contribution in [3.05, 3.63) is 0 Å². The van der Waals surface area contributed by atoms with Crippen LogP contribution >= 0.6 is 0 Å². The van der Waals surface area contributed by atoms with E-state index < -0.39 is 11.8 Å². The number of rotatable bonds is 6. The SMILES string of the molecule is CC(C)OCC1CCN(C(=O)CN2CCC(C(C)C)C(F)(F)C2)C1. The summed E-state index contributed by atoms with van der Waals surface area (Å²) in [7, 11) is 0. The Morgan fingerprint density at radius 3 is 2.50 bits per heavy atom. The topological polar surface area (TPSA) is 32.8 Å². The molecule has 6 heteroatoms. The van der Waals surface area contributed by atoms with Crippen LogP contribution in [0.5, 0.6) is 0 Å². The first-order valence-corrected chi connectivity index (χ1v) is 9.18. The average Bonchev–Trinajstić information content (AvgIpc) is 2.92. The van der Waals surface area contributed by atoms with Crippen LogP contribution in [-0.2, 0) is 9.53 Å². The van der Waals surface area contributed by atoms with Crippen LogP contribution in [0.2, 0.25) is 0 Å². The minimum atomic E-state index is -2.70. The number of nitrogens with zero attached hydrogens (tertiary/aromatic N) is 2.